The molecular formula is C7H10ClF2N3. The maximum absolute atomic E-state index is 12.8. The Labute approximate surface area is 79.5 Å². The molecule has 0 fully saturated rings. The topological polar surface area (TPSA) is 43.8 Å². The number of hydrogen-bond donors (Lipinski definition) is 1. The van der Waals surface area contributed by atoms with Crippen LogP contribution in [0.3, 0.4) is 0 Å². The van der Waals surface area contributed by atoms with E-state index in [1.807, 2.05) is 0 Å². The predicted molar refractivity (Wildman–Crippen MR) is 46.9 cm³/mol. The molecule has 0 aromatic carbocycles. The summed E-state index contributed by atoms with van der Waals surface area (Å²) in [6.07, 6.45) is 1.06. The van der Waals surface area contributed by atoms with Crippen molar-refractivity contribution >= 4 is 17.4 Å². The molecule has 0 aliphatic carbocycles. The normalized spacial score (nSPS) is 12.0. The molecule has 0 radical (unpaired) electrons. The van der Waals surface area contributed by atoms with Gasteiger partial charge in [-0.1, -0.05) is 18.5 Å². The van der Waals surface area contributed by atoms with E-state index in [0.29, 0.717) is 0 Å². The van der Waals surface area contributed by atoms with Crippen molar-refractivity contribution in [2.24, 2.45) is 0 Å². The molecule has 0 amide bonds. The Kier molecular flexibility index (Phi) is 2.75. The zero-order valence-corrected chi connectivity index (χ0v) is 7.85. The fourth-order valence-electron chi connectivity index (χ4n) is 0.842. The summed E-state index contributed by atoms with van der Waals surface area (Å²) < 4.78 is 26.7. The van der Waals surface area contributed by atoms with Crippen molar-refractivity contribution in [1.82, 2.24) is 9.78 Å². The van der Waals surface area contributed by atoms with Crippen LogP contribution in [-0.4, -0.2) is 15.7 Å². The maximum atomic E-state index is 12.8. The average molecular weight is 210 g/mol. The minimum atomic E-state index is -2.76. The number of alkyl halides is 2. The quantitative estimate of drug-likeness (QED) is 0.829. The van der Waals surface area contributed by atoms with Crippen molar-refractivity contribution in [1.29, 1.82) is 0 Å². The van der Waals surface area contributed by atoms with E-state index < -0.39 is 12.5 Å². The second-order valence-corrected chi connectivity index (χ2v) is 3.18. The highest BCUT2D eigenvalue weighted by Gasteiger charge is 2.27. The number of hydrogen-bond acceptors (Lipinski definition) is 2. The molecule has 13 heavy (non-hydrogen) atoms. The van der Waals surface area contributed by atoms with E-state index in [9.17, 15) is 8.78 Å². The van der Waals surface area contributed by atoms with Crippen LogP contribution in [-0.2, 0) is 6.54 Å². The number of nitrogens with zero attached hydrogens (tertiary/aromatic N) is 2. The maximum Gasteiger partial charge on any atom is 0.267 e. The molecule has 0 saturated heterocycles. The lowest BCUT2D eigenvalue weighted by Gasteiger charge is -2.12. The Bertz CT molecular complexity index is 278. The van der Waals surface area contributed by atoms with Crippen molar-refractivity contribution in [3.05, 3.63) is 11.2 Å². The van der Waals surface area contributed by atoms with Gasteiger partial charge in [-0.05, 0) is 0 Å². The molecule has 74 valence electrons. The van der Waals surface area contributed by atoms with Crippen LogP contribution in [0.1, 0.15) is 13.3 Å². The largest absolute Gasteiger partial charge is 0.381 e. The second-order valence-electron chi connectivity index (χ2n) is 2.77. The van der Waals surface area contributed by atoms with Gasteiger partial charge in [0.2, 0.25) is 0 Å². The van der Waals surface area contributed by atoms with Gasteiger partial charge in [-0.15, -0.1) is 0 Å². The van der Waals surface area contributed by atoms with E-state index in [0.717, 1.165) is 4.68 Å². The van der Waals surface area contributed by atoms with Gasteiger partial charge in [0, 0.05) is 12.6 Å². The first-order valence-corrected chi connectivity index (χ1v) is 4.18. The number of rotatable bonds is 3. The lowest BCUT2D eigenvalue weighted by molar-refractivity contribution is -0.0228. The third kappa shape index (κ3) is 2.55. The van der Waals surface area contributed by atoms with E-state index in [4.69, 9.17) is 17.3 Å². The van der Waals surface area contributed by atoms with Crippen molar-refractivity contribution in [3.63, 3.8) is 0 Å². The van der Waals surface area contributed by atoms with Crippen LogP contribution < -0.4 is 5.73 Å². The van der Waals surface area contributed by atoms with E-state index in [1.165, 1.54) is 13.1 Å². The molecule has 0 atom stereocenters. The summed E-state index contributed by atoms with van der Waals surface area (Å²) in [6.45, 7) is 0.925. The highest BCUT2D eigenvalue weighted by molar-refractivity contribution is 6.32. The first-order valence-electron chi connectivity index (χ1n) is 3.81. The number of halogens is 3. The Morgan fingerprint density at radius 3 is 2.69 bits per heavy atom. The van der Waals surface area contributed by atoms with Crippen LogP contribution in [0.15, 0.2) is 6.20 Å². The average Bonchev–Trinajstić information content (AvgIpc) is 2.30. The van der Waals surface area contributed by atoms with Gasteiger partial charge in [-0.2, -0.15) is 5.10 Å². The van der Waals surface area contributed by atoms with Crippen molar-refractivity contribution in [2.45, 2.75) is 25.8 Å². The molecule has 1 heterocycles. The van der Waals surface area contributed by atoms with Crippen LogP contribution in [0, 0.1) is 0 Å². The van der Waals surface area contributed by atoms with Gasteiger partial charge < -0.3 is 5.73 Å². The molecule has 0 bridgehead atoms. The molecule has 0 aliphatic heterocycles. The van der Waals surface area contributed by atoms with Gasteiger partial charge in [-0.3, -0.25) is 4.68 Å². The van der Waals surface area contributed by atoms with E-state index in [2.05, 4.69) is 5.10 Å². The van der Waals surface area contributed by atoms with Crippen LogP contribution in [0.2, 0.25) is 5.02 Å². The smallest absolute Gasteiger partial charge is 0.267 e. The van der Waals surface area contributed by atoms with Gasteiger partial charge in [-0.25, -0.2) is 8.78 Å². The fraction of sp³-hybridized carbons (Fsp3) is 0.571. The van der Waals surface area contributed by atoms with Crippen LogP contribution >= 0.6 is 11.6 Å². The minimum absolute atomic E-state index is 0.0774. The monoisotopic (exact) mass is 209 g/mol. The van der Waals surface area contributed by atoms with Gasteiger partial charge in [0.1, 0.15) is 11.6 Å². The lowest BCUT2D eigenvalue weighted by atomic mass is 10.3. The Balaban J connectivity index is 2.75. The zero-order valence-electron chi connectivity index (χ0n) is 7.10. The summed E-state index contributed by atoms with van der Waals surface area (Å²) in [5.74, 6) is -2.68. The standard InChI is InChI=1S/C7H10ClF2N3/c1-2-7(9,10)4-13-3-5(8)6(11)12-13/h3H,2,4H2,1H3,(H2,11,12). The van der Waals surface area contributed by atoms with Crippen LogP contribution in [0.5, 0.6) is 0 Å². The SMILES string of the molecule is CCC(F)(F)Cn1cc(Cl)c(N)n1. The van der Waals surface area contributed by atoms with Crippen molar-refractivity contribution < 1.29 is 8.78 Å². The third-order valence-corrected chi connectivity index (χ3v) is 1.95. The first kappa shape index (κ1) is 10.2. The molecule has 0 spiro atoms. The molecule has 1 aromatic heterocycles. The fourth-order valence-corrected chi connectivity index (χ4v) is 0.992. The molecule has 1 aromatic rings. The van der Waals surface area contributed by atoms with Crippen molar-refractivity contribution in [3.8, 4) is 0 Å². The third-order valence-electron chi connectivity index (χ3n) is 1.65. The molecule has 6 heteroatoms. The summed E-state index contributed by atoms with van der Waals surface area (Å²) in [4.78, 5) is 0. The van der Waals surface area contributed by atoms with E-state index >= 15 is 0 Å². The van der Waals surface area contributed by atoms with Gasteiger partial charge in [0.05, 0.1) is 0 Å². The highest BCUT2D eigenvalue weighted by atomic mass is 35.5. The molecule has 0 unspecified atom stereocenters. The predicted octanol–water partition coefficient (Wildman–Crippen LogP) is 2.16. The van der Waals surface area contributed by atoms with Crippen LogP contribution in [0.25, 0.3) is 0 Å². The molecule has 0 saturated carbocycles. The summed E-state index contributed by atoms with van der Waals surface area (Å²) in [7, 11) is 0. The highest BCUT2D eigenvalue weighted by Crippen LogP contribution is 2.22. The number of nitrogens with two attached hydrogens (primary N) is 1. The molecule has 3 nitrogen and oxygen atoms in total. The summed E-state index contributed by atoms with van der Waals surface area (Å²) in [5.41, 5.74) is 5.29. The lowest BCUT2D eigenvalue weighted by Crippen LogP contribution is -2.22. The van der Waals surface area contributed by atoms with Crippen molar-refractivity contribution in [2.75, 3.05) is 5.73 Å². The number of nitrogen functional groups attached to an aromatic ring is 1. The van der Waals surface area contributed by atoms with Crippen LogP contribution in [0.4, 0.5) is 14.6 Å². The zero-order chi connectivity index (χ0) is 10.1. The Hall–Kier alpha value is -0.840. The number of anilines is 1. The van der Waals surface area contributed by atoms with E-state index in [-0.39, 0.29) is 17.3 Å². The molecule has 1 rings (SSSR count). The minimum Gasteiger partial charge on any atom is -0.381 e. The molecule has 0 aliphatic rings. The second kappa shape index (κ2) is 3.49. The summed E-state index contributed by atoms with van der Waals surface area (Å²) in [5, 5.41) is 3.83. The van der Waals surface area contributed by atoms with Gasteiger partial charge >= 0.3 is 0 Å². The number of aromatic nitrogens is 2. The van der Waals surface area contributed by atoms with Gasteiger partial charge in [0.15, 0.2) is 5.82 Å². The summed E-state index contributed by atoms with van der Waals surface area (Å²) >= 11 is 5.55. The summed E-state index contributed by atoms with van der Waals surface area (Å²) in [6, 6.07) is 0. The molecular weight excluding hydrogens is 200 g/mol. The van der Waals surface area contributed by atoms with E-state index in [1.54, 1.807) is 0 Å². The Morgan fingerprint density at radius 1 is 1.69 bits per heavy atom. The van der Waals surface area contributed by atoms with Gasteiger partial charge in [0.25, 0.3) is 5.92 Å². The Morgan fingerprint density at radius 2 is 2.31 bits per heavy atom. The first-order chi connectivity index (χ1) is 5.94. The molecule has 2 N–H and O–H groups in total.